The van der Waals surface area contributed by atoms with Crippen molar-refractivity contribution in [3.05, 3.63) is 56.7 Å². The molecule has 9 heteroatoms. The number of nitrogens with zero attached hydrogens (tertiary/aromatic N) is 2. The Morgan fingerprint density at radius 1 is 1.13 bits per heavy atom. The Bertz CT molecular complexity index is 985. The second-order valence-corrected chi connectivity index (χ2v) is 9.38. The van der Waals surface area contributed by atoms with Gasteiger partial charge < -0.3 is 15.4 Å². The van der Waals surface area contributed by atoms with Gasteiger partial charge in [0.1, 0.15) is 10.8 Å². The first-order valence-corrected chi connectivity index (χ1v) is 11.8. The smallest absolute Gasteiger partial charge is 0.286 e. The van der Waals surface area contributed by atoms with Crippen molar-refractivity contribution in [3.63, 3.8) is 0 Å². The number of benzene rings is 1. The van der Waals surface area contributed by atoms with Gasteiger partial charge in [-0.15, -0.1) is 21.5 Å². The number of carbonyl (C=O) groups is 2. The van der Waals surface area contributed by atoms with Crippen molar-refractivity contribution in [2.24, 2.45) is 5.92 Å². The summed E-state index contributed by atoms with van der Waals surface area (Å²) in [7, 11) is 1.59. The van der Waals surface area contributed by atoms with Crippen molar-refractivity contribution in [2.45, 2.75) is 39.2 Å². The van der Waals surface area contributed by atoms with Gasteiger partial charge in [0.15, 0.2) is 0 Å². The molecule has 31 heavy (non-hydrogen) atoms. The SMILES string of the molecule is COc1ccc(NC(=O)c2nnc(CCCC(=O)N[C@@H](c3cccs3)C(C)C)s2)cc1. The molecule has 164 valence electrons. The Labute approximate surface area is 189 Å². The minimum absolute atomic E-state index is 0.0223. The number of thiophene rings is 1. The van der Waals surface area contributed by atoms with Gasteiger partial charge >= 0.3 is 0 Å². The number of aromatic nitrogens is 2. The van der Waals surface area contributed by atoms with Crippen molar-refractivity contribution in [3.8, 4) is 5.75 Å². The Morgan fingerprint density at radius 3 is 2.55 bits per heavy atom. The summed E-state index contributed by atoms with van der Waals surface area (Å²) in [5.41, 5.74) is 0.657. The third kappa shape index (κ3) is 6.60. The van der Waals surface area contributed by atoms with Crippen LogP contribution in [0.4, 0.5) is 5.69 Å². The molecular formula is C22H26N4O3S2. The number of methoxy groups -OCH3 is 1. The summed E-state index contributed by atoms with van der Waals surface area (Å²) in [5, 5.41) is 17.1. The monoisotopic (exact) mass is 458 g/mol. The molecule has 2 aromatic heterocycles. The van der Waals surface area contributed by atoms with E-state index < -0.39 is 0 Å². The normalized spacial score (nSPS) is 11.9. The average molecular weight is 459 g/mol. The van der Waals surface area contributed by atoms with Gasteiger partial charge in [0.25, 0.3) is 5.91 Å². The molecular weight excluding hydrogens is 432 g/mol. The Balaban J connectivity index is 1.46. The van der Waals surface area contributed by atoms with Crippen molar-refractivity contribution in [1.82, 2.24) is 15.5 Å². The zero-order valence-electron chi connectivity index (χ0n) is 17.8. The van der Waals surface area contributed by atoms with Crippen molar-refractivity contribution in [2.75, 3.05) is 12.4 Å². The van der Waals surface area contributed by atoms with Gasteiger partial charge in [-0.2, -0.15) is 0 Å². The molecule has 3 aromatic rings. The van der Waals surface area contributed by atoms with E-state index in [1.54, 1.807) is 42.7 Å². The van der Waals surface area contributed by atoms with E-state index in [1.807, 2.05) is 11.4 Å². The average Bonchev–Trinajstić information content (AvgIpc) is 3.45. The van der Waals surface area contributed by atoms with Gasteiger partial charge in [0.2, 0.25) is 10.9 Å². The molecule has 0 unspecified atom stereocenters. The summed E-state index contributed by atoms with van der Waals surface area (Å²) in [4.78, 5) is 25.9. The molecule has 0 saturated carbocycles. The maximum absolute atomic E-state index is 12.4. The molecule has 0 fully saturated rings. The van der Waals surface area contributed by atoms with Crippen LogP contribution in [-0.4, -0.2) is 29.1 Å². The zero-order chi connectivity index (χ0) is 22.2. The molecule has 1 aromatic carbocycles. The van der Waals surface area contributed by atoms with Gasteiger partial charge in [0, 0.05) is 23.4 Å². The fourth-order valence-electron chi connectivity index (χ4n) is 2.99. The van der Waals surface area contributed by atoms with Crippen molar-refractivity contribution < 1.29 is 14.3 Å². The van der Waals surface area contributed by atoms with Gasteiger partial charge in [-0.3, -0.25) is 9.59 Å². The number of aryl methyl sites for hydroxylation is 1. The highest BCUT2D eigenvalue weighted by Crippen LogP contribution is 2.26. The summed E-state index contributed by atoms with van der Waals surface area (Å²) < 4.78 is 5.11. The molecule has 1 atom stereocenters. The molecule has 0 radical (unpaired) electrons. The van der Waals surface area contributed by atoms with Gasteiger partial charge in [0.05, 0.1) is 13.2 Å². The topological polar surface area (TPSA) is 93.2 Å². The summed E-state index contributed by atoms with van der Waals surface area (Å²) in [6, 6.07) is 11.1. The van der Waals surface area contributed by atoms with E-state index in [0.29, 0.717) is 35.9 Å². The van der Waals surface area contributed by atoms with Crippen LogP contribution in [0.15, 0.2) is 41.8 Å². The highest BCUT2D eigenvalue weighted by atomic mass is 32.1. The lowest BCUT2D eigenvalue weighted by atomic mass is 10.0. The molecule has 0 spiro atoms. The van der Waals surface area contributed by atoms with Crippen LogP contribution < -0.4 is 15.4 Å². The van der Waals surface area contributed by atoms with Crippen LogP contribution in [-0.2, 0) is 11.2 Å². The lowest BCUT2D eigenvalue weighted by Crippen LogP contribution is -2.31. The van der Waals surface area contributed by atoms with E-state index in [1.165, 1.54) is 16.2 Å². The first-order chi connectivity index (χ1) is 15.0. The van der Waals surface area contributed by atoms with Gasteiger partial charge in [-0.05, 0) is 48.1 Å². The van der Waals surface area contributed by atoms with Crippen LogP contribution in [0.3, 0.4) is 0 Å². The summed E-state index contributed by atoms with van der Waals surface area (Å²) in [5.74, 6) is 0.754. The fourth-order valence-corrected chi connectivity index (χ4v) is 4.71. The number of rotatable bonds is 10. The predicted molar refractivity (Wildman–Crippen MR) is 124 cm³/mol. The van der Waals surface area contributed by atoms with E-state index in [2.05, 4.69) is 40.7 Å². The largest absolute Gasteiger partial charge is 0.497 e. The van der Waals surface area contributed by atoms with Crippen molar-refractivity contribution in [1.29, 1.82) is 0 Å². The Morgan fingerprint density at radius 2 is 1.90 bits per heavy atom. The first-order valence-electron chi connectivity index (χ1n) is 10.1. The number of hydrogen-bond acceptors (Lipinski definition) is 7. The zero-order valence-corrected chi connectivity index (χ0v) is 19.4. The summed E-state index contributed by atoms with van der Waals surface area (Å²) in [6.45, 7) is 4.20. The highest BCUT2D eigenvalue weighted by molar-refractivity contribution is 7.13. The lowest BCUT2D eigenvalue weighted by molar-refractivity contribution is -0.122. The van der Waals surface area contributed by atoms with E-state index >= 15 is 0 Å². The van der Waals surface area contributed by atoms with E-state index in [4.69, 9.17) is 4.74 Å². The Hall–Kier alpha value is -2.78. The molecule has 2 heterocycles. The van der Waals surface area contributed by atoms with Crippen LogP contribution in [0, 0.1) is 5.92 Å². The van der Waals surface area contributed by atoms with Crippen LogP contribution in [0.5, 0.6) is 5.75 Å². The van der Waals surface area contributed by atoms with E-state index in [-0.39, 0.29) is 17.9 Å². The van der Waals surface area contributed by atoms with E-state index in [0.717, 1.165) is 10.8 Å². The fraction of sp³-hybridized carbons (Fsp3) is 0.364. The van der Waals surface area contributed by atoms with E-state index in [9.17, 15) is 9.59 Å². The second-order valence-electron chi connectivity index (χ2n) is 7.34. The molecule has 0 saturated heterocycles. The van der Waals surface area contributed by atoms with Crippen LogP contribution in [0.25, 0.3) is 0 Å². The number of anilines is 1. The molecule has 0 aliphatic heterocycles. The predicted octanol–water partition coefficient (Wildman–Crippen LogP) is 4.70. The number of amides is 2. The maximum atomic E-state index is 12.4. The van der Waals surface area contributed by atoms with Crippen molar-refractivity contribution >= 4 is 40.2 Å². The van der Waals surface area contributed by atoms with Crippen LogP contribution >= 0.6 is 22.7 Å². The number of carbonyl (C=O) groups excluding carboxylic acids is 2. The van der Waals surface area contributed by atoms with Crippen LogP contribution in [0.2, 0.25) is 0 Å². The minimum atomic E-state index is -0.303. The third-order valence-corrected chi connectivity index (χ3v) is 6.57. The molecule has 7 nitrogen and oxygen atoms in total. The number of nitrogens with one attached hydrogen (secondary N) is 2. The molecule has 2 N–H and O–H groups in total. The molecule has 0 aliphatic rings. The number of hydrogen-bond donors (Lipinski definition) is 2. The first kappa shape index (κ1) is 22.9. The molecule has 2 amide bonds. The molecule has 0 bridgehead atoms. The standard InChI is InChI=1S/C22H26N4O3S2/c1-14(2)20(17-6-5-13-30-17)24-18(27)7-4-8-19-25-26-22(31-19)21(28)23-15-9-11-16(29-3)12-10-15/h5-6,9-14,20H,4,7-8H2,1-3H3,(H,23,28)(H,24,27)/t20-/m1/s1. The Kier molecular flexibility index (Phi) is 8.13. The molecule has 0 aliphatic carbocycles. The quantitative estimate of drug-likeness (QED) is 0.459. The molecule has 3 rings (SSSR count). The van der Waals surface area contributed by atoms with Gasteiger partial charge in [-0.25, -0.2) is 0 Å². The van der Waals surface area contributed by atoms with Crippen LogP contribution in [0.1, 0.15) is 52.4 Å². The highest BCUT2D eigenvalue weighted by Gasteiger charge is 2.19. The van der Waals surface area contributed by atoms with Gasteiger partial charge in [-0.1, -0.05) is 31.3 Å². The number of ether oxygens (including phenoxy) is 1. The summed E-state index contributed by atoms with van der Waals surface area (Å²) >= 11 is 2.90. The third-order valence-electron chi connectivity index (χ3n) is 4.64. The minimum Gasteiger partial charge on any atom is -0.497 e. The maximum Gasteiger partial charge on any atom is 0.286 e. The summed E-state index contributed by atoms with van der Waals surface area (Å²) in [6.07, 6.45) is 1.66. The lowest BCUT2D eigenvalue weighted by Gasteiger charge is -2.21. The second kappa shape index (κ2) is 11.0.